The Kier molecular flexibility index (Phi) is 8.74. The van der Waals surface area contributed by atoms with Gasteiger partial charge in [-0.25, -0.2) is 8.42 Å². The number of benzene rings is 3. The predicted molar refractivity (Wildman–Crippen MR) is 145 cm³/mol. The molecular formula is C28H35N3O4S. The SMILES string of the molecule is CC[C@H](C)NC(=O)[C@H](C)N(Cc1ccc(C)cc1)C(=O)CN(c1cccc2ccccc12)S(C)(=O)=O. The molecule has 0 fully saturated rings. The number of nitrogens with one attached hydrogen (secondary N) is 1. The van der Waals surface area contributed by atoms with Gasteiger partial charge in [0.05, 0.1) is 11.9 Å². The van der Waals surface area contributed by atoms with Gasteiger partial charge in [-0.1, -0.05) is 73.2 Å². The fraction of sp³-hybridized carbons (Fsp3) is 0.357. The van der Waals surface area contributed by atoms with E-state index in [0.717, 1.165) is 38.9 Å². The van der Waals surface area contributed by atoms with Crippen molar-refractivity contribution in [1.29, 1.82) is 0 Å². The van der Waals surface area contributed by atoms with Gasteiger partial charge in [-0.3, -0.25) is 13.9 Å². The lowest BCUT2D eigenvalue weighted by Crippen LogP contribution is -2.52. The van der Waals surface area contributed by atoms with Crippen molar-refractivity contribution in [1.82, 2.24) is 10.2 Å². The van der Waals surface area contributed by atoms with E-state index in [9.17, 15) is 18.0 Å². The zero-order chi connectivity index (χ0) is 26.5. The molecule has 1 N–H and O–H groups in total. The summed E-state index contributed by atoms with van der Waals surface area (Å²) in [5, 5.41) is 4.53. The van der Waals surface area contributed by atoms with Gasteiger partial charge in [-0.05, 0) is 44.2 Å². The molecule has 0 saturated carbocycles. The third-order valence-corrected chi connectivity index (χ3v) is 7.48. The molecule has 0 aliphatic rings. The van der Waals surface area contributed by atoms with Crippen LogP contribution in [0.4, 0.5) is 5.69 Å². The molecule has 0 aliphatic heterocycles. The number of sulfonamides is 1. The summed E-state index contributed by atoms with van der Waals surface area (Å²) in [4.78, 5) is 28.2. The van der Waals surface area contributed by atoms with Crippen LogP contribution in [0, 0.1) is 6.92 Å². The largest absolute Gasteiger partial charge is 0.352 e. The normalized spacial score (nSPS) is 13.1. The van der Waals surface area contributed by atoms with E-state index in [1.807, 2.05) is 75.4 Å². The Labute approximate surface area is 214 Å². The van der Waals surface area contributed by atoms with Gasteiger partial charge in [0.1, 0.15) is 12.6 Å². The number of carbonyl (C=O) groups excluding carboxylic acids is 2. The van der Waals surface area contributed by atoms with Gasteiger partial charge < -0.3 is 10.2 Å². The molecule has 3 rings (SSSR count). The number of amides is 2. The van der Waals surface area contributed by atoms with Gasteiger partial charge in [0, 0.05) is 18.0 Å². The molecule has 0 unspecified atom stereocenters. The first-order valence-corrected chi connectivity index (χ1v) is 14.0. The molecule has 2 atom stereocenters. The average Bonchev–Trinajstić information content (AvgIpc) is 2.85. The monoisotopic (exact) mass is 509 g/mol. The lowest BCUT2D eigenvalue weighted by atomic mass is 10.1. The number of fused-ring (bicyclic) bond motifs is 1. The molecular weight excluding hydrogens is 474 g/mol. The molecule has 0 aromatic heterocycles. The van der Waals surface area contributed by atoms with E-state index in [-0.39, 0.29) is 18.5 Å². The van der Waals surface area contributed by atoms with Crippen LogP contribution in [0.5, 0.6) is 0 Å². The van der Waals surface area contributed by atoms with Crippen LogP contribution < -0.4 is 9.62 Å². The number of nitrogens with zero attached hydrogens (tertiary/aromatic N) is 2. The highest BCUT2D eigenvalue weighted by molar-refractivity contribution is 7.92. The molecule has 3 aromatic rings. The van der Waals surface area contributed by atoms with Crippen LogP contribution in [0.25, 0.3) is 10.8 Å². The minimum atomic E-state index is -3.80. The molecule has 0 spiro atoms. The fourth-order valence-electron chi connectivity index (χ4n) is 3.96. The summed E-state index contributed by atoms with van der Waals surface area (Å²) in [5.41, 5.74) is 2.36. The maximum atomic E-state index is 13.7. The average molecular weight is 510 g/mol. The number of hydrogen-bond donors (Lipinski definition) is 1. The number of aryl methyl sites for hydroxylation is 1. The Morgan fingerprint density at radius 2 is 1.58 bits per heavy atom. The second-order valence-electron chi connectivity index (χ2n) is 9.27. The van der Waals surface area contributed by atoms with Crippen LogP contribution in [0.15, 0.2) is 66.7 Å². The minimum absolute atomic E-state index is 0.0421. The van der Waals surface area contributed by atoms with Crippen molar-refractivity contribution in [2.45, 2.75) is 52.7 Å². The molecule has 3 aromatic carbocycles. The van der Waals surface area contributed by atoms with Crippen LogP contribution >= 0.6 is 0 Å². The van der Waals surface area contributed by atoms with Gasteiger partial charge in [0.15, 0.2) is 0 Å². The second kappa shape index (κ2) is 11.6. The Balaban J connectivity index is 1.98. The van der Waals surface area contributed by atoms with E-state index in [4.69, 9.17) is 0 Å². The Hall–Kier alpha value is -3.39. The lowest BCUT2D eigenvalue weighted by Gasteiger charge is -2.32. The van der Waals surface area contributed by atoms with Crippen LogP contribution in [0.3, 0.4) is 0 Å². The molecule has 0 aliphatic carbocycles. The van der Waals surface area contributed by atoms with Crippen LogP contribution in [0.1, 0.15) is 38.3 Å². The maximum absolute atomic E-state index is 13.7. The van der Waals surface area contributed by atoms with Crippen molar-refractivity contribution in [3.8, 4) is 0 Å². The molecule has 7 nitrogen and oxygen atoms in total. The first-order valence-electron chi connectivity index (χ1n) is 12.1. The zero-order valence-corrected chi connectivity index (χ0v) is 22.4. The Morgan fingerprint density at radius 3 is 2.22 bits per heavy atom. The highest BCUT2D eigenvalue weighted by Crippen LogP contribution is 2.28. The van der Waals surface area contributed by atoms with E-state index < -0.39 is 28.5 Å². The van der Waals surface area contributed by atoms with Crippen LogP contribution in [-0.2, 0) is 26.2 Å². The standard InChI is InChI=1S/C28H35N3O4S/c1-6-21(3)29-28(33)22(4)30(18-23-16-14-20(2)15-17-23)27(32)19-31(36(5,34)35)26-13-9-11-24-10-7-8-12-25(24)26/h7-17,21-22H,6,18-19H2,1-5H3,(H,29,33)/t21-,22-/m0/s1. The number of carbonyl (C=O) groups is 2. The van der Waals surface area contributed by atoms with Gasteiger partial charge in [-0.15, -0.1) is 0 Å². The van der Waals surface area contributed by atoms with Gasteiger partial charge >= 0.3 is 0 Å². The molecule has 0 radical (unpaired) electrons. The number of hydrogen-bond acceptors (Lipinski definition) is 4. The summed E-state index contributed by atoms with van der Waals surface area (Å²) in [6, 6.07) is 19.7. The summed E-state index contributed by atoms with van der Waals surface area (Å²) >= 11 is 0. The molecule has 0 bridgehead atoms. The van der Waals surface area contributed by atoms with Gasteiger partial charge in [-0.2, -0.15) is 0 Å². The van der Waals surface area contributed by atoms with E-state index >= 15 is 0 Å². The molecule has 0 saturated heterocycles. The topological polar surface area (TPSA) is 86.8 Å². The quantitative estimate of drug-likeness (QED) is 0.443. The first kappa shape index (κ1) is 27.2. The summed E-state index contributed by atoms with van der Waals surface area (Å²) in [6.07, 6.45) is 1.85. The second-order valence-corrected chi connectivity index (χ2v) is 11.2. The smallest absolute Gasteiger partial charge is 0.244 e. The van der Waals surface area contributed by atoms with Crippen LogP contribution in [0.2, 0.25) is 0 Å². The number of rotatable bonds is 10. The lowest BCUT2D eigenvalue weighted by molar-refractivity contribution is -0.139. The van der Waals surface area contributed by atoms with E-state index in [1.54, 1.807) is 19.1 Å². The summed E-state index contributed by atoms with van der Waals surface area (Å²) in [6.45, 7) is 7.29. The third-order valence-electron chi connectivity index (χ3n) is 6.36. The summed E-state index contributed by atoms with van der Waals surface area (Å²) < 4.78 is 26.9. The van der Waals surface area contributed by atoms with Crippen LogP contribution in [-0.4, -0.2) is 50.0 Å². The highest BCUT2D eigenvalue weighted by atomic mass is 32.2. The Bertz CT molecular complexity index is 1320. The van der Waals surface area contributed by atoms with E-state index in [1.165, 1.54) is 4.90 Å². The first-order chi connectivity index (χ1) is 17.0. The summed E-state index contributed by atoms with van der Waals surface area (Å²) in [5.74, 6) is -0.735. The molecule has 8 heteroatoms. The van der Waals surface area contributed by atoms with Crippen molar-refractivity contribution < 1.29 is 18.0 Å². The van der Waals surface area contributed by atoms with Crippen molar-refractivity contribution in [2.24, 2.45) is 0 Å². The van der Waals surface area contributed by atoms with Crippen molar-refractivity contribution in [2.75, 3.05) is 17.1 Å². The Morgan fingerprint density at radius 1 is 0.944 bits per heavy atom. The molecule has 0 heterocycles. The number of anilines is 1. The van der Waals surface area contributed by atoms with Crippen molar-refractivity contribution in [3.63, 3.8) is 0 Å². The molecule has 36 heavy (non-hydrogen) atoms. The van der Waals surface area contributed by atoms with E-state index in [2.05, 4.69) is 5.32 Å². The summed E-state index contributed by atoms with van der Waals surface area (Å²) in [7, 11) is -3.80. The van der Waals surface area contributed by atoms with E-state index in [0.29, 0.717) is 5.69 Å². The van der Waals surface area contributed by atoms with Crippen molar-refractivity contribution in [3.05, 3.63) is 77.9 Å². The van der Waals surface area contributed by atoms with Gasteiger partial charge in [0.2, 0.25) is 21.8 Å². The highest BCUT2D eigenvalue weighted by Gasteiger charge is 2.31. The molecule has 2 amide bonds. The third kappa shape index (κ3) is 6.63. The minimum Gasteiger partial charge on any atom is -0.352 e. The fourth-order valence-corrected chi connectivity index (χ4v) is 4.82. The maximum Gasteiger partial charge on any atom is 0.244 e. The predicted octanol–water partition coefficient (Wildman–Crippen LogP) is 4.25. The molecule has 192 valence electrons. The van der Waals surface area contributed by atoms with Crippen molar-refractivity contribution >= 4 is 38.3 Å². The van der Waals surface area contributed by atoms with Gasteiger partial charge in [0.25, 0.3) is 0 Å². The zero-order valence-electron chi connectivity index (χ0n) is 21.6.